The van der Waals surface area contributed by atoms with Crippen molar-refractivity contribution in [1.82, 2.24) is 14.8 Å². The average molecular weight is 428 g/mol. The summed E-state index contributed by atoms with van der Waals surface area (Å²) < 4.78 is 48.4. The molecule has 1 aromatic carbocycles. The zero-order chi connectivity index (χ0) is 21.3. The summed E-state index contributed by atoms with van der Waals surface area (Å²) in [5.74, 6) is 0.0745. The van der Waals surface area contributed by atoms with E-state index in [2.05, 4.69) is 28.7 Å². The van der Waals surface area contributed by atoms with Gasteiger partial charge < -0.3 is 9.47 Å². The Bertz CT molecular complexity index is 1030. The molecule has 0 radical (unpaired) electrons. The molecule has 29 heavy (non-hydrogen) atoms. The van der Waals surface area contributed by atoms with Crippen LogP contribution < -0.4 is 9.47 Å². The molecule has 0 aliphatic heterocycles. The maximum atomic E-state index is 12.5. The minimum absolute atomic E-state index is 0.169. The number of hydrogen-bond acceptors (Lipinski definition) is 4. The number of hydrogen-bond donors (Lipinski definition) is 0. The Morgan fingerprint density at radius 3 is 2.45 bits per heavy atom. The van der Waals surface area contributed by atoms with Crippen molar-refractivity contribution < 1.29 is 22.6 Å². The van der Waals surface area contributed by atoms with Crippen molar-refractivity contribution in [3.05, 3.63) is 35.0 Å². The number of fused-ring (bicyclic) bond motifs is 1. The molecule has 5 nitrogen and oxygen atoms in total. The van der Waals surface area contributed by atoms with Crippen LogP contribution >= 0.6 is 11.6 Å². The number of aryl methyl sites for hydroxylation is 1. The first-order chi connectivity index (χ1) is 13.7. The normalized spacial score (nSPS) is 12.0. The van der Waals surface area contributed by atoms with Crippen molar-refractivity contribution in [2.24, 2.45) is 7.05 Å². The lowest BCUT2D eigenvalue weighted by atomic mass is 9.97. The van der Waals surface area contributed by atoms with E-state index in [1.165, 1.54) is 19.2 Å². The van der Waals surface area contributed by atoms with Crippen molar-refractivity contribution in [1.29, 1.82) is 0 Å². The molecule has 0 fully saturated rings. The van der Waals surface area contributed by atoms with Gasteiger partial charge in [-0.25, -0.2) is 4.98 Å². The number of pyridine rings is 1. The van der Waals surface area contributed by atoms with Crippen molar-refractivity contribution in [3.63, 3.8) is 0 Å². The Labute approximate surface area is 171 Å². The van der Waals surface area contributed by atoms with Gasteiger partial charge in [-0.3, -0.25) is 4.68 Å². The van der Waals surface area contributed by atoms with Crippen LogP contribution in [0.15, 0.2) is 24.3 Å². The molecule has 0 atom stereocenters. The highest BCUT2D eigenvalue weighted by Gasteiger charge is 2.31. The average Bonchev–Trinajstić information content (AvgIpc) is 2.96. The molecule has 2 aromatic heterocycles. The fraction of sp³-hybridized carbons (Fsp3) is 0.400. The van der Waals surface area contributed by atoms with E-state index < -0.39 is 6.36 Å². The van der Waals surface area contributed by atoms with E-state index in [0.717, 1.165) is 30.0 Å². The van der Waals surface area contributed by atoms with Gasteiger partial charge in [0.2, 0.25) is 0 Å². The van der Waals surface area contributed by atoms with Gasteiger partial charge in [-0.2, -0.15) is 5.10 Å². The second-order valence-corrected chi connectivity index (χ2v) is 7.03. The van der Waals surface area contributed by atoms with Crippen LogP contribution in [-0.4, -0.2) is 28.2 Å². The molecule has 0 amide bonds. The highest BCUT2D eigenvalue weighted by Crippen LogP contribution is 2.39. The number of aromatic nitrogens is 3. The predicted octanol–water partition coefficient (Wildman–Crippen LogP) is 6.10. The van der Waals surface area contributed by atoms with Gasteiger partial charge in [-0.15, -0.1) is 13.2 Å². The molecule has 0 spiro atoms. The smallest absolute Gasteiger partial charge is 0.496 e. The van der Waals surface area contributed by atoms with Gasteiger partial charge in [-0.1, -0.05) is 25.4 Å². The Hall–Kier alpha value is -2.48. The lowest BCUT2D eigenvalue weighted by molar-refractivity contribution is -0.274. The monoisotopic (exact) mass is 427 g/mol. The van der Waals surface area contributed by atoms with Crippen molar-refractivity contribution in [2.75, 3.05) is 7.11 Å². The van der Waals surface area contributed by atoms with Crippen LogP contribution in [0.5, 0.6) is 11.5 Å². The molecule has 0 unspecified atom stereocenters. The minimum Gasteiger partial charge on any atom is -0.496 e. The third-order valence-corrected chi connectivity index (χ3v) is 5.12. The third kappa shape index (κ3) is 4.27. The van der Waals surface area contributed by atoms with Crippen molar-refractivity contribution in [3.8, 4) is 22.8 Å². The molecule has 3 rings (SSSR count). The number of alkyl halides is 3. The van der Waals surface area contributed by atoms with Crippen LogP contribution in [0.4, 0.5) is 13.2 Å². The lowest BCUT2D eigenvalue weighted by Crippen LogP contribution is -2.17. The maximum absolute atomic E-state index is 12.5. The molecule has 0 aliphatic carbocycles. The van der Waals surface area contributed by atoms with Gasteiger partial charge in [0.05, 0.1) is 23.5 Å². The molecule has 0 saturated heterocycles. The summed E-state index contributed by atoms with van der Waals surface area (Å²) in [7, 11) is 3.16. The fourth-order valence-corrected chi connectivity index (χ4v) is 3.66. The van der Waals surface area contributed by atoms with Crippen LogP contribution in [0.2, 0.25) is 5.02 Å². The summed E-state index contributed by atoms with van der Waals surface area (Å²) in [6.45, 7) is 4.21. The first kappa shape index (κ1) is 21.2. The molecule has 0 bridgehead atoms. The molecule has 2 heterocycles. The van der Waals surface area contributed by atoms with E-state index >= 15 is 0 Å². The first-order valence-corrected chi connectivity index (χ1v) is 9.53. The van der Waals surface area contributed by atoms with Gasteiger partial charge in [0.1, 0.15) is 11.5 Å². The third-order valence-electron chi connectivity index (χ3n) is 4.83. The predicted molar refractivity (Wildman–Crippen MR) is 106 cm³/mol. The molecule has 0 saturated carbocycles. The molecule has 3 aromatic rings. The highest BCUT2D eigenvalue weighted by molar-refractivity contribution is 6.33. The SMILES string of the molecule is CCC(CC)c1nn(C)c2nc(-c3ccc(OC(F)(F)F)cc3OC)c(Cl)cc12. The van der Waals surface area contributed by atoms with Crippen LogP contribution in [0.25, 0.3) is 22.3 Å². The summed E-state index contributed by atoms with van der Waals surface area (Å²) in [5, 5.41) is 5.85. The second kappa shape index (κ2) is 8.10. The zero-order valence-corrected chi connectivity index (χ0v) is 17.2. The Kier molecular flexibility index (Phi) is 5.93. The van der Waals surface area contributed by atoms with Crippen LogP contribution in [0.1, 0.15) is 38.3 Å². The molecule has 9 heteroatoms. The van der Waals surface area contributed by atoms with E-state index in [0.29, 0.717) is 21.9 Å². The Morgan fingerprint density at radius 2 is 1.86 bits per heavy atom. The molecule has 0 N–H and O–H groups in total. The summed E-state index contributed by atoms with van der Waals surface area (Å²) in [4.78, 5) is 4.65. The van der Waals surface area contributed by atoms with E-state index in [1.807, 2.05) is 0 Å². The highest BCUT2D eigenvalue weighted by atomic mass is 35.5. The van der Waals surface area contributed by atoms with Crippen molar-refractivity contribution >= 4 is 22.6 Å². The number of ether oxygens (including phenoxy) is 2. The van der Waals surface area contributed by atoms with Gasteiger partial charge in [-0.05, 0) is 31.0 Å². The zero-order valence-electron chi connectivity index (χ0n) is 16.5. The van der Waals surface area contributed by atoms with E-state index in [9.17, 15) is 13.2 Å². The maximum Gasteiger partial charge on any atom is 0.573 e. The molecule has 156 valence electrons. The van der Waals surface area contributed by atoms with Crippen LogP contribution in [0, 0.1) is 0 Å². The quantitative estimate of drug-likeness (QED) is 0.477. The number of nitrogens with zero attached hydrogens (tertiary/aromatic N) is 3. The van der Waals surface area contributed by atoms with Gasteiger partial charge in [0.15, 0.2) is 5.65 Å². The summed E-state index contributed by atoms with van der Waals surface area (Å²) >= 11 is 6.52. The summed E-state index contributed by atoms with van der Waals surface area (Å²) in [6.07, 6.45) is -2.91. The lowest BCUT2D eigenvalue weighted by Gasteiger charge is -2.14. The van der Waals surface area contributed by atoms with Gasteiger partial charge in [0, 0.05) is 30.0 Å². The van der Waals surface area contributed by atoms with Crippen molar-refractivity contribution in [2.45, 2.75) is 39.0 Å². The summed E-state index contributed by atoms with van der Waals surface area (Å²) in [6, 6.07) is 5.61. The van der Waals surface area contributed by atoms with Gasteiger partial charge in [0.25, 0.3) is 0 Å². The Morgan fingerprint density at radius 1 is 1.17 bits per heavy atom. The van der Waals surface area contributed by atoms with Crippen LogP contribution in [0.3, 0.4) is 0 Å². The van der Waals surface area contributed by atoms with Gasteiger partial charge >= 0.3 is 6.36 Å². The topological polar surface area (TPSA) is 49.2 Å². The van der Waals surface area contributed by atoms with E-state index in [4.69, 9.17) is 16.3 Å². The number of rotatable bonds is 6. The molecule has 0 aliphatic rings. The second-order valence-electron chi connectivity index (χ2n) is 6.62. The molecular weight excluding hydrogens is 407 g/mol. The minimum atomic E-state index is -4.79. The summed E-state index contributed by atoms with van der Waals surface area (Å²) in [5.41, 5.74) is 2.44. The number of benzene rings is 1. The Balaban J connectivity index is 2.13. The first-order valence-electron chi connectivity index (χ1n) is 9.15. The number of halogens is 4. The molecular formula is C20H21ClF3N3O2. The van der Waals surface area contributed by atoms with Crippen LogP contribution in [-0.2, 0) is 7.05 Å². The van der Waals surface area contributed by atoms with E-state index in [1.54, 1.807) is 17.8 Å². The largest absolute Gasteiger partial charge is 0.573 e. The fourth-order valence-electron chi connectivity index (χ4n) is 3.41. The number of methoxy groups -OCH3 is 1. The van der Waals surface area contributed by atoms with E-state index in [-0.39, 0.29) is 17.4 Å². The standard InChI is InChI=1S/C20H21ClF3N3O2/c1-5-11(6-2)17-14-10-15(21)18(25-19(14)27(3)26-17)13-8-7-12(9-16(13)28-4)29-20(22,23)24/h7-11H,5-6H2,1-4H3.